The van der Waals surface area contributed by atoms with Gasteiger partial charge in [0, 0.05) is 17.0 Å². The van der Waals surface area contributed by atoms with Crippen LogP contribution >= 0.6 is 0 Å². The smallest absolute Gasteiger partial charge is 0.337 e. The van der Waals surface area contributed by atoms with E-state index >= 15 is 0 Å². The molecule has 0 radical (unpaired) electrons. The van der Waals surface area contributed by atoms with Gasteiger partial charge in [0.25, 0.3) is 0 Å². The van der Waals surface area contributed by atoms with Gasteiger partial charge in [-0.1, -0.05) is 12.1 Å². The molecule has 6 nitrogen and oxygen atoms in total. The van der Waals surface area contributed by atoms with Gasteiger partial charge in [-0.15, -0.1) is 0 Å². The summed E-state index contributed by atoms with van der Waals surface area (Å²) >= 11 is 0. The molecule has 3 unspecified atom stereocenters. The zero-order chi connectivity index (χ0) is 21.3. The summed E-state index contributed by atoms with van der Waals surface area (Å²) < 4.78 is 16.2. The van der Waals surface area contributed by atoms with Crippen molar-refractivity contribution >= 4 is 11.7 Å². The third-order valence-electron chi connectivity index (χ3n) is 5.95. The first-order valence-electron chi connectivity index (χ1n) is 10.3. The summed E-state index contributed by atoms with van der Waals surface area (Å²) in [7, 11) is 3.00. The highest BCUT2D eigenvalue weighted by Gasteiger charge is 2.37. The number of nitrogens with zero attached hydrogens (tertiary/aromatic N) is 1. The van der Waals surface area contributed by atoms with E-state index in [2.05, 4.69) is 0 Å². The van der Waals surface area contributed by atoms with E-state index < -0.39 is 0 Å². The van der Waals surface area contributed by atoms with Gasteiger partial charge in [0.05, 0.1) is 44.2 Å². The molecule has 0 amide bonds. The minimum atomic E-state index is -0.364. The van der Waals surface area contributed by atoms with E-state index in [1.807, 2.05) is 31.2 Å². The van der Waals surface area contributed by atoms with Crippen molar-refractivity contribution in [3.05, 3.63) is 58.7 Å². The highest BCUT2D eigenvalue weighted by Crippen LogP contribution is 2.45. The fraction of sp³-hybridized carbons (Fsp3) is 0.417. The lowest BCUT2D eigenvalue weighted by molar-refractivity contribution is 0.0600. The summed E-state index contributed by atoms with van der Waals surface area (Å²) in [6.07, 6.45) is 1.97. The van der Waals surface area contributed by atoms with Gasteiger partial charge >= 0.3 is 5.97 Å². The Bertz CT molecular complexity index is 966. The predicted molar refractivity (Wildman–Crippen MR) is 114 cm³/mol. The number of hydrogen-bond acceptors (Lipinski definition) is 6. The maximum absolute atomic E-state index is 11.8. The van der Waals surface area contributed by atoms with Crippen LogP contribution in [0.4, 0.5) is 0 Å². The van der Waals surface area contributed by atoms with E-state index in [9.17, 15) is 9.90 Å². The minimum absolute atomic E-state index is 0.110. The normalized spacial score (nSPS) is 22.4. The molecule has 0 saturated heterocycles. The molecule has 2 aliphatic rings. The van der Waals surface area contributed by atoms with E-state index in [0.29, 0.717) is 30.1 Å². The third kappa shape index (κ3) is 3.67. The van der Waals surface area contributed by atoms with Crippen molar-refractivity contribution in [2.45, 2.75) is 44.2 Å². The van der Waals surface area contributed by atoms with Gasteiger partial charge in [-0.05, 0) is 56.0 Å². The monoisotopic (exact) mass is 409 g/mol. The molecule has 158 valence electrons. The fourth-order valence-electron chi connectivity index (χ4n) is 4.48. The van der Waals surface area contributed by atoms with Crippen molar-refractivity contribution in [1.82, 2.24) is 0 Å². The molecule has 4 rings (SSSR count). The van der Waals surface area contributed by atoms with Gasteiger partial charge in [-0.2, -0.15) is 0 Å². The number of fused-ring (bicyclic) bond motifs is 3. The molecule has 1 aliphatic heterocycles. The number of aliphatic imine (C=N–C) groups is 1. The van der Waals surface area contributed by atoms with Gasteiger partial charge in [0.1, 0.15) is 0 Å². The minimum Gasteiger partial charge on any atom is -0.493 e. The molecule has 2 aromatic rings. The number of rotatable bonds is 5. The molecule has 0 aromatic heterocycles. The van der Waals surface area contributed by atoms with E-state index in [1.165, 1.54) is 7.11 Å². The van der Waals surface area contributed by atoms with Crippen LogP contribution in [-0.2, 0) is 4.74 Å². The first kappa shape index (κ1) is 20.4. The van der Waals surface area contributed by atoms with Crippen molar-refractivity contribution in [3.8, 4) is 11.5 Å². The summed E-state index contributed by atoms with van der Waals surface area (Å²) in [5.41, 5.74) is 4.42. The summed E-state index contributed by atoms with van der Waals surface area (Å²) in [5, 5.41) is 10.3. The summed E-state index contributed by atoms with van der Waals surface area (Å²) in [4.78, 5) is 16.9. The van der Waals surface area contributed by atoms with Crippen LogP contribution in [0.1, 0.15) is 59.2 Å². The summed E-state index contributed by atoms with van der Waals surface area (Å²) in [5.74, 6) is 1.15. The van der Waals surface area contributed by atoms with Crippen LogP contribution < -0.4 is 9.47 Å². The molecule has 1 N–H and O–H groups in total. The van der Waals surface area contributed by atoms with Crippen molar-refractivity contribution in [2.75, 3.05) is 20.8 Å². The standard InChI is InChI=1S/C24H27NO5/c1-4-30-22-12-17-18-11-16(26)9-10-20(18)25-23(19(17)13-21(22)28-2)14-5-7-15(8-6-14)24(27)29-3/h5-8,12-13,16,18,20,26H,4,9-11H2,1-3H3. The number of esters is 1. The molecule has 0 bridgehead atoms. The molecule has 3 atom stereocenters. The number of benzene rings is 2. The lowest BCUT2D eigenvalue weighted by Crippen LogP contribution is -2.34. The Morgan fingerprint density at radius 1 is 1.13 bits per heavy atom. The molecule has 1 saturated carbocycles. The maximum atomic E-state index is 11.8. The Morgan fingerprint density at radius 3 is 2.57 bits per heavy atom. The number of methoxy groups -OCH3 is 2. The maximum Gasteiger partial charge on any atom is 0.337 e. The predicted octanol–water partition coefficient (Wildman–Crippen LogP) is 3.73. The van der Waals surface area contributed by atoms with E-state index in [1.54, 1.807) is 19.2 Å². The lowest BCUT2D eigenvalue weighted by Gasteiger charge is -2.37. The van der Waals surface area contributed by atoms with Crippen LogP contribution in [0.2, 0.25) is 0 Å². The highest BCUT2D eigenvalue weighted by atomic mass is 16.5. The van der Waals surface area contributed by atoms with E-state index in [0.717, 1.165) is 35.2 Å². The van der Waals surface area contributed by atoms with Gasteiger partial charge < -0.3 is 19.3 Å². The topological polar surface area (TPSA) is 77.4 Å². The second-order valence-corrected chi connectivity index (χ2v) is 7.71. The molecule has 1 fully saturated rings. The second kappa shape index (κ2) is 8.48. The van der Waals surface area contributed by atoms with Crippen molar-refractivity contribution in [2.24, 2.45) is 4.99 Å². The Hall–Kier alpha value is -2.86. The molecule has 2 aromatic carbocycles. The largest absolute Gasteiger partial charge is 0.493 e. The molecular formula is C24H27NO5. The van der Waals surface area contributed by atoms with Crippen LogP contribution in [0.3, 0.4) is 0 Å². The Morgan fingerprint density at radius 2 is 1.90 bits per heavy atom. The zero-order valence-corrected chi connectivity index (χ0v) is 17.6. The lowest BCUT2D eigenvalue weighted by atomic mass is 9.74. The average molecular weight is 409 g/mol. The zero-order valence-electron chi connectivity index (χ0n) is 17.6. The first-order valence-corrected chi connectivity index (χ1v) is 10.3. The molecule has 6 heteroatoms. The quantitative estimate of drug-likeness (QED) is 0.762. The molecule has 0 spiro atoms. The van der Waals surface area contributed by atoms with Gasteiger partial charge in [-0.25, -0.2) is 4.79 Å². The van der Waals surface area contributed by atoms with Gasteiger partial charge in [0.15, 0.2) is 11.5 Å². The highest BCUT2D eigenvalue weighted by molar-refractivity contribution is 6.15. The molecule has 1 heterocycles. The van der Waals surface area contributed by atoms with Crippen molar-refractivity contribution in [3.63, 3.8) is 0 Å². The number of aliphatic hydroxyl groups is 1. The second-order valence-electron chi connectivity index (χ2n) is 7.71. The first-order chi connectivity index (χ1) is 14.5. The number of hydrogen-bond donors (Lipinski definition) is 1. The Balaban J connectivity index is 1.83. The third-order valence-corrected chi connectivity index (χ3v) is 5.95. The molecular weight excluding hydrogens is 382 g/mol. The van der Waals surface area contributed by atoms with Crippen LogP contribution in [-0.4, -0.2) is 49.8 Å². The van der Waals surface area contributed by atoms with Crippen LogP contribution in [0.5, 0.6) is 11.5 Å². The average Bonchev–Trinajstić information content (AvgIpc) is 2.78. The summed E-state index contributed by atoms with van der Waals surface area (Å²) in [6, 6.07) is 11.4. The molecule has 1 aliphatic carbocycles. The van der Waals surface area contributed by atoms with Crippen molar-refractivity contribution < 1.29 is 24.1 Å². The van der Waals surface area contributed by atoms with Crippen LogP contribution in [0, 0.1) is 0 Å². The van der Waals surface area contributed by atoms with Crippen LogP contribution in [0.25, 0.3) is 0 Å². The number of aliphatic hydroxyl groups excluding tert-OH is 1. The number of carbonyl (C=O) groups excluding carboxylic acids is 1. The van der Waals surface area contributed by atoms with E-state index in [-0.39, 0.29) is 24.0 Å². The SMILES string of the molecule is CCOc1cc2c(cc1OC)C(c1ccc(C(=O)OC)cc1)=NC1CCC(O)CC21. The fourth-order valence-corrected chi connectivity index (χ4v) is 4.48. The Kier molecular flexibility index (Phi) is 5.77. The number of ether oxygens (including phenoxy) is 3. The number of carbonyl (C=O) groups is 1. The molecule has 30 heavy (non-hydrogen) atoms. The van der Waals surface area contributed by atoms with Crippen molar-refractivity contribution in [1.29, 1.82) is 0 Å². The van der Waals surface area contributed by atoms with Crippen LogP contribution in [0.15, 0.2) is 41.4 Å². The van der Waals surface area contributed by atoms with Gasteiger partial charge in [-0.3, -0.25) is 4.99 Å². The summed E-state index contributed by atoms with van der Waals surface area (Å²) in [6.45, 7) is 2.49. The van der Waals surface area contributed by atoms with E-state index in [4.69, 9.17) is 19.2 Å². The van der Waals surface area contributed by atoms with Gasteiger partial charge in [0.2, 0.25) is 0 Å². The Labute approximate surface area is 176 Å².